The summed E-state index contributed by atoms with van der Waals surface area (Å²) in [7, 11) is 9.98. The summed E-state index contributed by atoms with van der Waals surface area (Å²) < 4.78 is 24.4. The van der Waals surface area contributed by atoms with Gasteiger partial charge in [0.2, 0.25) is 23.6 Å². The fourth-order valence-electron chi connectivity index (χ4n) is 17.3. The van der Waals surface area contributed by atoms with Crippen LogP contribution in [0.2, 0.25) is 0 Å². The molecule has 2 aliphatic heterocycles. The third kappa shape index (κ3) is 35.5. The average Bonchev–Trinajstić information content (AvgIpc) is 1.79. The van der Waals surface area contributed by atoms with Crippen molar-refractivity contribution >= 4 is 142 Å². The number of aromatic nitrogens is 2. The number of likely N-dealkylation sites (tertiary alicyclic amines) is 2. The molecule has 6 rings (SSSR count). The Labute approximate surface area is 819 Å². The van der Waals surface area contributed by atoms with E-state index in [1.165, 1.54) is 22.7 Å². The molecular weight excluding hydrogens is 2120 g/mol. The molecule has 0 bridgehead atoms. The zero-order valence-electron chi connectivity index (χ0n) is 78.2. The molecule has 0 N–H and O–H groups in total. The largest absolute Gasteiger partial charge is 0.379 e. The summed E-state index contributed by atoms with van der Waals surface area (Å²) >= 11 is 8.16. The van der Waals surface area contributed by atoms with E-state index in [1.54, 1.807) is 57.7 Å². The number of unbranched alkanes of at least 4 members (excludes halogenated alkanes) is 2. The van der Waals surface area contributed by atoms with Gasteiger partial charge in [0, 0.05) is 179 Å². The monoisotopic (exact) mass is 2270 g/mol. The number of carbonyl (C=O) groups excluding carboxylic acids is 10. The zero-order chi connectivity index (χ0) is 90.7. The molecule has 0 saturated carbocycles. The standard InChI is InChI=1S/C49H77N3O7S.C47H72N3O7S.I3.HI.Y/c1-13-15-17-24-41(53)39-30-60-48(50-39)37(26-36-21-18-16-19-22-36)27-42(54)35(9)47(59-12)40-23-20-25-52(40)45(56)29-44(58-11)46(33(7)14-2)51(10)49(57)38(32(5)6)28-43(55)34(8)31(3)4;1-13-19-39(51)37-28-58-46(48-37)35(24-34-20-16-15-17-21-34)25-40(52)33(9)45(57-12)38-22-18-23-50(38)43(54)27-42(56-11)44(31(7)14-2)49(10)47(55)36(30(5)6)26-41(53)32(8)29(3)4;1-3-2;;/h16,18-19,21-22,30-35,37-38,40,44,46-47H,13-15,17,20,23-29H2,1-12H3;15-17,20-21,28-33,35-36,38,42,44-45H,1,13-14,18-19,22-27H2,2-12H3;;1H;/q;2*-1;;. The maximum absolute atomic E-state index is 14.4. The SMILES string of the molecule is CCCCCC(=O)c1csc(C(CC(=O)C(C)C(OC)C2CCCN2C(=O)CC(OC)C(C(C)CC)N(C)C(=O)C(CC(=O)C(C)C(C)C)C(C)C)Cc2ccccc2)n1.I.I[I-]I.[CH2-]CCC(=O)c1csc(C(CC(=O)C(C)C(OC)C2CCCN2C(=O)CC(OC)C(C(C)CC)N(C)C(=O)C(CC(=O)C(C)C(C)C)C(C)C)Cc2ccccc2)n1.[Y]. The second kappa shape index (κ2) is 60.5. The van der Waals surface area contributed by atoms with Gasteiger partial charge < -0.3 is 45.5 Å². The zero-order valence-corrected chi connectivity index (χ0v) is 91.5. The van der Waals surface area contributed by atoms with Crippen molar-refractivity contribution < 1.29 is 113 Å². The molecule has 4 heterocycles. The molecule has 2 aliphatic rings. The van der Waals surface area contributed by atoms with Gasteiger partial charge in [-0.25, -0.2) is 9.97 Å². The van der Waals surface area contributed by atoms with Gasteiger partial charge in [0.05, 0.1) is 71.4 Å². The van der Waals surface area contributed by atoms with Crippen molar-refractivity contribution in [3.63, 3.8) is 0 Å². The second-order valence-corrected chi connectivity index (χ2v) is 53.5. The van der Waals surface area contributed by atoms with Crippen LogP contribution in [0, 0.1) is 77.9 Å². The number of hydrogen-bond donors (Lipinski definition) is 0. The number of nitrogens with zero attached hydrogens (tertiary/aromatic N) is 6. The Balaban J connectivity index is 0.000000795. The molecular formula is C96H150I4N6O14S2Y-2. The minimum Gasteiger partial charge on any atom is -0.379 e. The number of methoxy groups -OCH3 is 4. The number of Topliss-reactive ketones (excluding diaryl/α,β-unsaturated/α-hetero) is 6. The van der Waals surface area contributed by atoms with Crippen LogP contribution >= 0.6 is 83.9 Å². The Bertz CT molecular complexity index is 3820. The minimum atomic E-state index is -0.585. The Morgan fingerprint density at radius 3 is 1.14 bits per heavy atom. The predicted molar refractivity (Wildman–Crippen MR) is 516 cm³/mol. The van der Waals surface area contributed by atoms with Crippen LogP contribution in [-0.4, -0.2) is 192 Å². The van der Waals surface area contributed by atoms with Crippen LogP contribution in [0.4, 0.5) is 0 Å². The molecule has 123 heavy (non-hydrogen) atoms. The van der Waals surface area contributed by atoms with E-state index in [2.05, 4.69) is 90.9 Å². The summed E-state index contributed by atoms with van der Waals surface area (Å²) in [5.41, 5.74) is 3.07. The van der Waals surface area contributed by atoms with Crippen LogP contribution in [0.1, 0.15) is 287 Å². The number of hydrogen-bond acceptors (Lipinski definition) is 18. The molecule has 4 amide bonds. The van der Waals surface area contributed by atoms with Gasteiger partial charge in [-0.05, 0) is 98.0 Å². The van der Waals surface area contributed by atoms with E-state index in [4.69, 9.17) is 28.9 Å². The van der Waals surface area contributed by atoms with Crippen molar-refractivity contribution in [1.82, 2.24) is 29.6 Å². The third-order valence-electron chi connectivity index (χ3n) is 26.1. The molecule has 18 atom stereocenters. The van der Waals surface area contributed by atoms with Crippen LogP contribution in [0.3, 0.4) is 0 Å². The molecule has 2 saturated heterocycles. The first-order valence-corrected chi connectivity index (χ1v) is 58.8. The van der Waals surface area contributed by atoms with Crippen LogP contribution in [0.5, 0.6) is 0 Å². The number of benzene rings is 2. The summed E-state index contributed by atoms with van der Waals surface area (Å²) in [5.74, 6) is -2.54. The van der Waals surface area contributed by atoms with Gasteiger partial charge >= 0.3 is 50.5 Å². The van der Waals surface area contributed by atoms with E-state index in [1.807, 2.05) is 147 Å². The van der Waals surface area contributed by atoms with Gasteiger partial charge in [0.25, 0.3) is 0 Å². The average molecular weight is 2270 g/mol. The van der Waals surface area contributed by atoms with Crippen molar-refractivity contribution in [3.8, 4) is 0 Å². The summed E-state index contributed by atoms with van der Waals surface area (Å²) in [6.07, 6.45) is 8.60. The Morgan fingerprint density at radius 1 is 0.496 bits per heavy atom. The summed E-state index contributed by atoms with van der Waals surface area (Å²) in [6, 6.07) is 18.6. The van der Waals surface area contributed by atoms with Gasteiger partial charge in [-0.1, -0.05) is 204 Å². The second-order valence-electron chi connectivity index (χ2n) is 35.5. The number of amides is 4. The van der Waals surface area contributed by atoms with Crippen LogP contribution in [-0.2, 0) is 103 Å². The number of ether oxygens (including phenoxy) is 4. The summed E-state index contributed by atoms with van der Waals surface area (Å²) in [6.45, 7) is 39.0. The van der Waals surface area contributed by atoms with Gasteiger partial charge in [-0.15, -0.1) is 46.7 Å². The first kappa shape index (κ1) is 117. The number of carbonyl (C=O) groups is 10. The van der Waals surface area contributed by atoms with Gasteiger partial charge in [0.15, 0.2) is 11.6 Å². The number of halogens is 4. The molecule has 4 aromatic rings. The van der Waals surface area contributed by atoms with Crippen molar-refractivity contribution in [2.24, 2.45) is 71.0 Å². The van der Waals surface area contributed by atoms with E-state index in [9.17, 15) is 47.9 Å². The van der Waals surface area contributed by atoms with Crippen LogP contribution in [0.25, 0.3) is 0 Å². The van der Waals surface area contributed by atoms with E-state index >= 15 is 0 Å². The number of rotatable bonds is 52. The van der Waals surface area contributed by atoms with E-state index in [0.717, 1.165) is 66.1 Å². The Morgan fingerprint density at radius 2 is 0.837 bits per heavy atom. The van der Waals surface area contributed by atoms with Crippen LogP contribution < -0.4 is 13.3 Å². The molecule has 2 aromatic carbocycles. The van der Waals surface area contributed by atoms with Crippen LogP contribution in [0.15, 0.2) is 71.4 Å². The normalized spacial score (nSPS) is 18.0. The van der Waals surface area contributed by atoms with Crippen molar-refractivity contribution in [3.05, 3.63) is 111 Å². The van der Waals surface area contributed by atoms with Gasteiger partial charge in [-0.2, -0.15) is 6.42 Å². The third-order valence-corrected chi connectivity index (χ3v) is 28.1. The topological polar surface area (TPSA) is 246 Å². The van der Waals surface area contributed by atoms with E-state index in [-0.39, 0.29) is 225 Å². The molecule has 2 fully saturated rings. The fourth-order valence-corrected chi connectivity index (χ4v) is 19.1. The number of thiazole rings is 2. The maximum atomic E-state index is 14.4. The van der Waals surface area contributed by atoms with Crippen molar-refractivity contribution in [2.45, 2.75) is 307 Å². The molecule has 18 unspecified atom stereocenters. The van der Waals surface area contributed by atoms with Crippen molar-refractivity contribution in [1.29, 1.82) is 0 Å². The minimum absolute atomic E-state index is 0. The molecule has 20 nitrogen and oxygen atoms in total. The summed E-state index contributed by atoms with van der Waals surface area (Å²) in [5, 5.41) is 5.15. The molecule has 1 radical (unpaired) electrons. The molecule has 0 aliphatic carbocycles. The molecule has 693 valence electrons. The predicted octanol–water partition coefficient (Wildman–Crippen LogP) is 17.7. The summed E-state index contributed by atoms with van der Waals surface area (Å²) in [4.78, 5) is 155. The van der Waals surface area contributed by atoms with E-state index in [0.29, 0.717) is 82.7 Å². The van der Waals surface area contributed by atoms with Crippen molar-refractivity contribution in [2.75, 3.05) is 55.6 Å². The van der Waals surface area contributed by atoms with E-state index < -0.39 is 60.2 Å². The number of likely N-dealkylation sites (N-methyl/N-ethyl adjacent to an activating group) is 2. The Hall–Kier alpha value is -2.54. The maximum Gasteiger partial charge on any atom is 0.226 e. The fraction of sp³-hybridized carbons (Fsp3) is 0.698. The van der Waals surface area contributed by atoms with Gasteiger partial charge in [-0.3, -0.25) is 47.9 Å². The quantitative estimate of drug-likeness (QED) is 0.0173. The molecule has 0 spiro atoms. The Kier molecular flexibility index (Phi) is 57.3. The van der Waals surface area contributed by atoms with Gasteiger partial charge in [0.1, 0.15) is 34.5 Å². The number of ketones is 6. The molecule has 2 aromatic heterocycles. The molecule has 27 heteroatoms. The smallest absolute Gasteiger partial charge is 0.226 e. The first-order valence-electron chi connectivity index (χ1n) is 44.5. The first-order chi connectivity index (χ1) is 57.4.